The summed E-state index contributed by atoms with van der Waals surface area (Å²) >= 11 is 0. The molecule has 1 rings (SSSR count). The van der Waals surface area contributed by atoms with Gasteiger partial charge in [0.05, 0.1) is 6.42 Å². The first-order chi connectivity index (χ1) is 8.12. The molecule has 0 aliphatic heterocycles. The molecule has 6 nitrogen and oxygen atoms in total. The molecule has 1 aliphatic rings. The van der Waals surface area contributed by atoms with Gasteiger partial charge in [-0.25, -0.2) is 0 Å². The molecule has 18 heavy (non-hydrogen) atoms. The van der Waals surface area contributed by atoms with E-state index in [1.54, 1.807) is 0 Å². The lowest BCUT2D eigenvalue weighted by atomic mass is 10.4. The van der Waals surface area contributed by atoms with Gasteiger partial charge in [-0.1, -0.05) is 0 Å². The minimum Gasteiger partial charge on any atom is -0.481 e. The van der Waals surface area contributed by atoms with Crippen LogP contribution in [0.2, 0.25) is 0 Å². The number of nitrogens with one attached hydrogen (secondary N) is 1. The molecule has 0 bridgehead atoms. The van der Waals surface area contributed by atoms with E-state index in [4.69, 9.17) is 5.11 Å². The van der Waals surface area contributed by atoms with Crippen molar-refractivity contribution in [3.8, 4) is 0 Å². The lowest BCUT2D eigenvalue weighted by Gasteiger charge is -2.21. The maximum atomic E-state index is 11.9. The fraction of sp³-hybridized carbons (Fsp3) is 0.875. The molecule has 1 aliphatic carbocycles. The van der Waals surface area contributed by atoms with E-state index >= 15 is 0 Å². The van der Waals surface area contributed by atoms with Crippen molar-refractivity contribution in [3.05, 3.63) is 0 Å². The van der Waals surface area contributed by atoms with Crippen LogP contribution in [-0.2, 0) is 15.0 Å². The van der Waals surface area contributed by atoms with Crippen molar-refractivity contribution in [2.24, 2.45) is 0 Å². The van der Waals surface area contributed by atoms with E-state index < -0.39 is 41.4 Å². The standard InChI is InChI=1S/C8H13F3N2O4S/c9-8(10,11)5-12-18(16,17)13(6-1-2-6)4-3-7(14)15/h6,12H,1-5H2,(H,14,15). The third-order valence-corrected chi connectivity index (χ3v) is 3.87. The summed E-state index contributed by atoms with van der Waals surface area (Å²) in [5.74, 6) is -1.20. The minimum absolute atomic E-state index is 0.326. The first-order valence-corrected chi connectivity index (χ1v) is 6.61. The summed E-state index contributed by atoms with van der Waals surface area (Å²) in [6, 6.07) is -0.393. The predicted molar refractivity (Wildman–Crippen MR) is 55.0 cm³/mol. The van der Waals surface area contributed by atoms with Gasteiger partial charge in [0.15, 0.2) is 0 Å². The second kappa shape index (κ2) is 5.41. The molecule has 0 spiro atoms. The molecular weight excluding hydrogens is 277 g/mol. The number of hydrogen-bond donors (Lipinski definition) is 2. The Morgan fingerprint density at radius 1 is 1.39 bits per heavy atom. The maximum absolute atomic E-state index is 11.9. The van der Waals surface area contributed by atoms with Crippen molar-refractivity contribution < 1.29 is 31.5 Å². The summed E-state index contributed by atoms with van der Waals surface area (Å²) in [6.45, 7) is -1.99. The highest BCUT2D eigenvalue weighted by Crippen LogP contribution is 2.29. The first kappa shape index (κ1) is 15.2. The molecule has 0 radical (unpaired) electrons. The van der Waals surface area contributed by atoms with Gasteiger partial charge in [-0.15, -0.1) is 0 Å². The van der Waals surface area contributed by atoms with E-state index in [1.807, 2.05) is 0 Å². The summed E-state index contributed by atoms with van der Waals surface area (Å²) in [5.41, 5.74) is 0. The van der Waals surface area contributed by atoms with Crippen molar-refractivity contribution in [3.63, 3.8) is 0 Å². The Balaban J connectivity index is 2.62. The zero-order chi connectivity index (χ0) is 14.0. The van der Waals surface area contributed by atoms with Crippen molar-refractivity contribution in [1.29, 1.82) is 0 Å². The van der Waals surface area contributed by atoms with Crippen molar-refractivity contribution >= 4 is 16.2 Å². The van der Waals surface area contributed by atoms with Crippen LogP contribution in [0.5, 0.6) is 0 Å². The summed E-state index contributed by atoms with van der Waals surface area (Å²) in [5, 5.41) is 8.47. The molecule has 0 aromatic heterocycles. The number of carboxylic acids is 1. The summed E-state index contributed by atoms with van der Waals surface area (Å²) in [6.07, 6.45) is -4.02. The topological polar surface area (TPSA) is 86.7 Å². The van der Waals surface area contributed by atoms with E-state index in [1.165, 1.54) is 4.72 Å². The second-order valence-electron chi connectivity index (χ2n) is 3.93. The SMILES string of the molecule is O=C(O)CCN(C1CC1)S(=O)(=O)NCC(F)(F)F. The Hall–Kier alpha value is -0.870. The lowest BCUT2D eigenvalue weighted by Crippen LogP contribution is -2.46. The highest BCUT2D eigenvalue weighted by Gasteiger charge is 2.39. The third-order valence-electron chi connectivity index (χ3n) is 2.26. The Bertz CT molecular complexity index is 405. The van der Waals surface area contributed by atoms with Gasteiger partial charge in [0.2, 0.25) is 0 Å². The monoisotopic (exact) mass is 290 g/mol. The molecule has 0 amide bonds. The van der Waals surface area contributed by atoms with Gasteiger partial charge in [0.1, 0.15) is 6.54 Å². The Morgan fingerprint density at radius 2 is 1.94 bits per heavy atom. The van der Waals surface area contributed by atoms with Gasteiger partial charge >= 0.3 is 12.1 Å². The molecule has 0 aromatic carbocycles. The van der Waals surface area contributed by atoms with Crippen molar-refractivity contribution in [2.75, 3.05) is 13.1 Å². The smallest absolute Gasteiger partial charge is 0.402 e. The van der Waals surface area contributed by atoms with Gasteiger partial charge in [0, 0.05) is 12.6 Å². The minimum atomic E-state index is -4.64. The molecular formula is C8H13F3N2O4S. The average Bonchev–Trinajstić information content (AvgIpc) is 2.97. The van der Waals surface area contributed by atoms with Gasteiger partial charge in [-0.05, 0) is 12.8 Å². The zero-order valence-electron chi connectivity index (χ0n) is 9.27. The van der Waals surface area contributed by atoms with E-state index in [2.05, 4.69) is 0 Å². The molecule has 0 heterocycles. The lowest BCUT2D eigenvalue weighted by molar-refractivity contribution is -0.137. The van der Waals surface area contributed by atoms with Gasteiger partial charge in [-0.3, -0.25) is 4.79 Å². The molecule has 10 heteroatoms. The van der Waals surface area contributed by atoms with Crippen LogP contribution < -0.4 is 4.72 Å². The number of aliphatic carboxylic acids is 1. The predicted octanol–water partition coefficient (Wildman–Crippen LogP) is 0.322. The Kier molecular flexibility index (Phi) is 4.56. The molecule has 0 unspecified atom stereocenters. The first-order valence-electron chi connectivity index (χ1n) is 5.17. The average molecular weight is 290 g/mol. The summed E-state index contributed by atoms with van der Waals surface area (Å²) in [7, 11) is -4.29. The van der Waals surface area contributed by atoms with E-state index in [0.717, 1.165) is 4.31 Å². The van der Waals surface area contributed by atoms with E-state index in [9.17, 15) is 26.4 Å². The van der Waals surface area contributed by atoms with E-state index in [0.29, 0.717) is 12.8 Å². The number of rotatable bonds is 7. The molecule has 0 aromatic rings. The molecule has 106 valence electrons. The molecule has 1 saturated carbocycles. The molecule has 2 N–H and O–H groups in total. The summed E-state index contributed by atoms with van der Waals surface area (Å²) < 4.78 is 61.2. The molecule has 0 atom stereocenters. The largest absolute Gasteiger partial charge is 0.481 e. The van der Waals surface area contributed by atoms with Crippen molar-refractivity contribution in [1.82, 2.24) is 9.03 Å². The van der Waals surface area contributed by atoms with Gasteiger partial charge in [0.25, 0.3) is 10.2 Å². The maximum Gasteiger partial charge on any atom is 0.402 e. The quantitative estimate of drug-likeness (QED) is 0.707. The molecule has 1 fully saturated rings. The van der Waals surface area contributed by atoms with Crippen LogP contribution in [0.4, 0.5) is 13.2 Å². The summed E-state index contributed by atoms with van der Waals surface area (Å²) in [4.78, 5) is 10.4. The zero-order valence-corrected chi connectivity index (χ0v) is 10.1. The Labute approximate surface area is 102 Å². The van der Waals surface area contributed by atoms with Crippen molar-refractivity contribution in [2.45, 2.75) is 31.5 Å². The van der Waals surface area contributed by atoms with Crippen LogP contribution in [0, 0.1) is 0 Å². The fourth-order valence-corrected chi connectivity index (χ4v) is 2.77. The Morgan fingerprint density at radius 3 is 2.33 bits per heavy atom. The second-order valence-corrected chi connectivity index (χ2v) is 5.63. The number of hydrogen-bond acceptors (Lipinski definition) is 3. The van der Waals surface area contributed by atoms with Crippen LogP contribution in [-0.4, -0.2) is 49.1 Å². The van der Waals surface area contributed by atoms with E-state index in [-0.39, 0.29) is 6.54 Å². The highest BCUT2D eigenvalue weighted by molar-refractivity contribution is 7.87. The number of halogens is 3. The third kappa shape index (κ3) is 5.19. The fourth-order valence-electron chi connectivity index (χ4n) is 1.32. The van der Waals surface area contributed by atoms with Crippen LogP contribution >= 0.6 is 0 Å². The van der Waals surface area contributed by atoms with Crippen LogP contribution in [0.3, 0.4) is 0 Å². The number of alkyl halides is 3. The number of carboxylic acid groups (broad SMARTS) is 1. The van der Waals surface area contributed by atoms with Gasteiger partial charge in [-0.2, -0.15) is 30.6 Å². The van der Waals surface area contributed by atoms with Crippen LogP contribution in [0.15, 0.2) is 0 Å². The normalized spacial score (nSPS) is 17.1. The number of nitrogens with zero attached hydrogens (tertiary/aromatic N) is 1. The van der Waals surface area contributed by atoms with Crippen LogP contribution in [0.1, 0.15) is 19.3 Å². The number of carbonyl (C=O) groups is 1. The van der Waals surface area contributed by atoms with Crippen LogP contribution in [0.25, 0.3) is 0 Å². The molecule has 0 saturated heterocycles. The van der Waals surface area contributed by atoms with Gasteiger partial charge < -0.3 is 5.11 Å². The highest BCUT2D eigenvalue weighted by atomic mass is 32.2.